The molecule has 0 saturated heterocycles. The number of hydrogen-bond acceptors (Lipinski definition) is 6. The molecule has 1 aliphatic carbocycles. The summed E-state index contributed by atoms with van der Waals surface area (Å²) in [7, 11) is 0. The van der Waals surface area contributed by atoms with Crippen molar-refractivity contribution >= 4 is 23.5 Å². The Balaban J connectivity index is 1.51. The first kappa shape index (κ1) is 20.8. The number of hydrogen-bond donors (Lipinski definition) is 1. The third-order valence-electron chi connectivity index (χ3n) is 5.95. The Morgan fingerprint density at radius 3 is 2.91 bits per heavy atom. The van der Waals surface area contributed by atoms with Gasteiger partial charge in [0.25, 0.3) is 0 Å². The van der Waals surface area contributed by atoms with Crippen LogP contribution >= 0.6 is 11.8 Å². The molecule has 0 amide bonds. The molecule has 2 aliphatic rings. The molecule has 3 aromatic rings. The molecule has 2 heterocycles. The fraction of sp³-hybridized carbons (Fsp3) is 0.320. The molecule has 7 heteroatoms. The minimum Gasteiger partial charge on any atom is -0.489 e. The van der Waals surface area contributed by atoms with Crippen LogP contribution in [-0.4, -0.2) is 26.3 Å². The van der Waals surface area contributed by atoms with Gasteiger partial charge < -0.3 is 10.1 Å². The van der Waals surface area contributed by atoms with Crippen molar-refractivity contribution in [3.63, 3.8) is 0 Å². The molecule has 32 heavy (non-hydrogen) atoms. The van der Waals surface area contributed by atoms with Gasteiger partial charge in [0.05, 0.1) is 0 Å². The van der Waals surface area contributed by atoms with E-state index in [9.17, 15) is 4.79 Å². The van der Waals surface area contributed by atoms with Gasteiger partial charge in [-0.1, -0.05) is 55.1 Å². The SMILES string of the molecule is CCSc1nc2n(n1)C(c1cccc(OCc3ccccc3C)c1)C1=C(CCCC1=O)N2. The van der Waals surface area contributed by atoms with Gasteiger partial charge in [0.1, 0.15) is 18.4 Å². The molecule has 0 fully saturated rings. The molecule has 0 spiro atoms. The predicted molar refractivity (Wildman–Crippen MR) is 126 cm³/mol. The van der Waals surface area contributed by atoms with E-state index in [4.69, 9.17) is 9.84 Å². The molecule has 0 saturated carbocycles. The van der Waals surface area contributed by atoms with Crippen LogP contribution in [0.25, 0.3) is 0 Å². The number of carbonyl (C=O) groups excluding carboxylic acids is 1. The van der Waals surface area contributed by atoms with Crippen LogP contribution < -0.4 is 10.1 Å². The summed E-state index contributed by atoms with van der Waals surface area (Å²) < 4.78 is 7.99. The van der Waals surface area contributed by atoms with Crippen molar-refractivity contribution in [3.05, 3.63) is 76.5 Å². The normalized spacial score (nSPS) is 17.6. The van der Waals surface area contributed by atoms with E-state index in [1.165, 1.54) is 5.56 Å². The first-order valence-electron chi connectivity index (χ1n) is 11.0. The van der Waals surface area contributed by atoms with Crippen molar-refractivity contribution in [2.24, 2.45) is 0 Å². The molecule has 164 valence electrons. The Bertz CT molecular complexity index is 1200. The summed E-state index contributed by atoms with van der Waals surface area (Å²) in [6.45, 7) is 4.67. The molecule has 1 aliphatic heterocycles. The van der Waals surface area contributed by atoms with Crippen LogP contribution in [0, 0.1) is 6.92 Å². The molecule has 1 unspecified atom stereocenters. The van der Waals surface area contributed by atoms with Crippen LogP contribution in [0.2, 0.25) is 0 Å². The van der Waals surface area contributed by atoms with Gasteiger partial charge in [-0.25, -0.2) is 4.68 Å². The highest BCUT2D eigenvalue weighted by Gasteiger charge is 2.36. The number of rotatable bonds is 6. The molecule has 1 aromatic heterocycles. The highest BCUT2D eigenvalue weighted by molar-refractivity contribution is 7.99. The zero-order valence-electron chi connectivity index (χ0n) is 18.3. The van der Waals surface area contributed by atoms with Crippen molar-refractivity contribution in [2.45, 2.75) is 50.9 Å². The summed E-state index contributed by atoms with van der Waals surface area (Å²) in [5, 5.41) is 8.84. The van der Waals surface area contributed by atoms with Crippen molar-refractivity contribution < 1.29 is 9.53 Å². The van der Waals surface area contributed by atoms with Crippen LogP contribution in [0.1, 0.15) is 48.9 Å². The summed E-state index contributed by atoms with van der Waals surface area (Å²) >= 11 is 1.60. The van der Waals surface area contributed by atoms with Crippen molar-refractivity contribution in [3.8, 4) is 5.75 Å². The fourth-order valence-electron chi connectivity index (χ4n) is 4.34. The number of nitrogens with one attached hydrogen (secondary N) is 1. The standard InChI is InChI=1S/C25H26N4O2S/c1-3-32-25-27-24-26-20-12-7-13-21(30)22(20)23(29(24)28-25)17-10-6-11-19(14-17)31-15-18-9-5-4-8-16(18)2/h4-6,8-11,14,23H,3,7,12-13,15H2,1-2H3,(H,26,27,28). The van der Waals surface area contributed by atoms with E-state index in [2.05, 4.69) is 36.3 Å². The van der Waals surface area contributed by atoms with Gasteiger partial charge in [-0.05, 0) is 54.3 Å². The number of benzene rings is 2. The van der Waals surface area contributed by atoms with Crippen LogP contribution in [0.15, 0.2) is 65.0 Å². The molecule has 2 aromatic carbocycles. The Labute approximate surface area is 192 Å². The third-order valence-corrected chi connectivity index (χ3v) is 6.67. The van der Waals surface area contributed by atoms with Crippen molar-refractivity contribution in [2.75, 3.05) is 11.1 Å². The number of nitrogens with zero attached hydrogens (tertiary/aromatic N) is 3. The number of fused-ring (bicyclic) bond motifs is 1. The smallest absolute Gasteiger partial charge is 0.227 e. The lowest BCUT2D eigenvalue weighted by atomic mass is 9.85. The van der Waals surface area contributed by atoms with E-state index < -0.39 is 0 Å². The van der Waals surface area contributed by atoms with Crippen molar-refractivity contribution in [1.29, 1.82) is 0 Å². The van der Waals surface area contributed by atoms with E-state index in [0.29, 0.717) is 19.0 Å². The van der Waals surface area contributed by atoms with E-state index in [0.717, 1.165) is 51.9 Å². The third kappa shape index (κ3) is 3.93. The summed E-state index contributed by atoms with van der Waals surface area (Å²) in [5.74, 6) is 2.55. The van der Waals surface area contributed by atoms with Gasteiger partial charge in [-0.3, -0.25) is 4.79 Å². The highest BCUT2D eigenvalue weighted by atomic mass is 32.2. The van der Waals surface area contributed by atoms with E-state index in [1.807, 2.05) is 41.1 Å². The molecule has 6 nitrogen and oxygen atoms in total. The Morgan fingerprint density at radius 1 is 1.19 bits per heavy atom. The second kappa shape index (κ2) is 8.82. The lowest BCUT2D eigenvalue weighted by Crippen LogP contribution is -2.31. The molecule has 0 radical (unpaired) electrons. The maximum absolute atomic E-state index is 13.0. The van der Waals surface area contributed by atoms with Gasteiger partial charge in [0.15, 0.2) is 5.78 Å². The summed E-state index contributed by atoms with van der Waals surface area (Å²) in [6, 6.07) is 15.9. The van der Waals surface area contributed by atoms with Crippen LogP contribution in [0.4, 0.5) is 5.95 Å². The molecular weight excluding hydrogens is 420 g/mol. The number of Topliss-reactive ketones (excluding diaryl/α,β-unsaturated/α-hetero) is 1. The first-order chi connectivity index (χ1) is 15.6. The van der Waals surface area contributed by atoms with E-state index >= 15 is 0 Å². The van der Waals surface area contributed by atoms with Crippen LogP contribution in [-0.2, 0) is 11.4 Å². The fourth-order valence-corrected chi connectivity index (χ4v) is 4.90. The Kier molecular flexibility index (Phi) is 5.74. The van der Waals surface area contributed by atoms with Gasteiger partial charge in [-0.2, -0.15) is 4.98 Å². The Hall–Kier alpha value is -3.06. The minimum atomic E-state index is -0.297. The zero-order valence-corrected chi connectivity index (χ0v) is 19.1. The average Bonchev–Trinajstić information content (AvgIpc) is 3.20. The molecule has 0 bridgehead atoms. The maximum Gasteiger partial charge on any atom is 0.227 e. The number of carbonyl (C=O) groups is 1. The van der Waals surface area contributed by atoms with Crippen LogP contribution in [0.5, 0.6) is 5.75 Å². The minimum absolute atomic E-state index is 0.181. The number of ether oxygens (including phenoxy) is 1. The lowest BCUT2D eigenvalue weighted by Gasteiger charge is -2.32. The number of aromatic nitrogens is 3. The van der Waals surface area contributed by atoms with Gasteiger partial charge in [0, 0.05) is 17.7 Å². The monoisotopic (exact) mass is 446 g/mol. The lowest BCUT2D eigenvalue weighted by molar-refractivity contribution is -0.116. The topological polar surface area (TPSA) is 69.0 Å². The first-order valence-corrected chi connectivity index (χ1v) is 12.0. The second-order valence-corrected chi connectivity index (χ2v) is 9.31. The number of aryl methyl sites for hydroxylation is 1. The number of thioether (sulfide) groups is 1. The quantitative estimate of drug-likeness (QED) is 0.518. The summed E-state index contributed by atoms with van der Waals surface area (Å²) in [6.07, 6.45) is 2.28. The van der Waals surface area contributed by atoms with Gasteiger partial charge in [-0.15, -0.1) is 5.10 Å². The summed E-state index contributed by atoms with van der Waals surface area (Å²) in [5.41, 5.74) is 5.13. The average molecular weight is 447 g/mol. The highest BCUT2D eigenvalue weighted by Crippen LogP contribution is 2.41. The van der Waals surface area contributed by atoms with E-state index in [-0.39, 0.29) is 11.8 Å². The molecular formula is C25H26N4O2S. The number of allylic oxidation sites excluding steroid dienone is 2. The zero-order chi connectivity index (χ0) is 22.1. The van der Waals surface area contributed by atoms with Gasteiger partial charge in [0.2, 0.25) is 11.1 Å². The number of anilines is 1. The second-order valence-electron chi connectivity index (χ2n) is 8.08. The van der Waals surface area contributed by atoms with E-state index in [1.54, 1.807) is 11.8 Å². The maximum atomic E-state index is 13.0. The molecule has 1 N–H and O–H groups in total. The van der Waals surface area contributed by atoms with Crippen LogP contribution in [0.3, 0.4) is 0 Å². The Morgan fingerprint density at radius 2 is 2.06 bits per heavy atom. The number of ketones is 1. The van der Waals surface area contributed by atoms with Gasteiger partial charge >= 0.3 is 0 Å². The summed E-state index contributed by atoms with van der Waals surface area (Å²) in [4.78, 5) is 17.7. The predicted octanol–water partition coefficient (Wildman–Crippen LogP) is 5.30. The van der Waals surface area contributed by atoms with Crippen molar-refractivity contribution in [1.82, 2.24) is 14.8 Å². The largest absolute Gasteiger partial charge is 0.489 e. The molecule has 1 atom stereocenters. The molecule has 5 rings (SSSR count).